The van der Waals surface area contributed by atoms with E-state index in [9.17, 15) is 9.59 Å². The second-order valence-corrected chi connectivity index (χ2v) is 6.39. The van der Waals surface area contributed by atoms with Crippen LogP contribution in [0.15, 0.2) is 36.4 Å². The maximum absolute atomic E-state index is 12.5. The summed E-state index contributed by atoms with van der Waals surface area (Å²) >= 11 is 0. The summed E-state index contributed by atoms with van der Waals surface area (Å²) in [4.78, 5) is 26.1. The van der Waals surface area contributed by atoms with Gasteiger partial charge in [0.25, 0.3) is 5.91 Å². The zero-order valence-corrected chi connectivity index (χ0v) is 13.4. The third-order valence-electron chi connectivity index (χ3n) is 4.45. The van der Waals surface area contributed by atoms with Crippen LogP contribution in [0.3, 0.4) is 0 Å². The highest BCUT2D eigenvalue weighted by atomic mass is 16.2. The molecule has 1 saturated carbocycles. The van der Waals surface area contributed by atoms with Crippen LogP contribution < -0.4 is 16.0 Å². The Morgan fingerprint density at radius 1 is 1.35 bits per heavy atom. The summed E-state index contributed by atoms with van der Waals surface area (Å²) in [6.07, 6.45) is 6.46. The molecule has 1 aromatic carbocycles. The fourth-order valence-corrected chi connectivity index (χ4v) is 2.92. The van der Waals surface area contributed by atoms with Gasteiger partial charge in [-0.1, -0.05) is 24.3 Å². The highest BCUT2D eigenvalue weighted by molar-refractivity contribution is 6.03. The first kappa shape index (κ1) is 15.7. The van der Waals surface area contributed by atoms with Gasteiger partial charge in [0.15, 0.2) is 0 Å². The molecule has 1 fully saturated rings. The van der Waals surface area contributed by atoms with Gasteiger partial charge in [0.2, 0.25) is 5.91 Å². The molecule has 3 N–H and O–H groups in total. The van der Waals surface area contributed by atoms with Crippen molar-refractivity contribution >= 4 is 17.5 Å². The van der Waals surface area contributed by atoms with Crippen molar-refractivity contribution in [3.8, 4) is 0 Å². The van der Waals surface area contributed by atoms with Crippen LogP contribution in [-0.2, 0) is 16.0 Å². The van der Waals surface area contributed by atoms with Gasteiger partial charge in [0.05, 0.1) is 12.1 Å². The number of anilines is 1. The zero-order valence-electron chi connectivity index (χ0n) is 13.4. The van der Waals surface area contributed by atoms with Crippen LogP contribution in [0, 0.1) is 5.92 Å². The fourth-order valence-electron chi connectivity index (χ4n) is 2.92. The molecule has 0 radical (unpaired) electrons. The molecule has 122 valence electrons. The van der Waals surface area contributed by atoms with Gasteiger partial charge in [-0.25, -0.2) is 0 Å². The number of nitrogens with one attached hydrogen (secondary N) is 1. The van der Waals surface area contributed by atoms with E-state index < -0.39 is 6.04 Å². The topological polar surface area (TPSA) is 75.4 Å². The van der Waals surface area contributed by atoms with Gasteiger partial charge in [-0.3, -0.25) is 9.59 Å². The average Bonchev–Trinajstić information content (AvgIpc) is 3.29. The maximum Gasteiger partial charge on any atom is 0.250 e. The van der Waals surface area contributed by atoms with Crippen molar-refractivity contribution in [2.24, 2.45) is 11.7 Å². The van der Waals surface area contributed by atoms with Crippen LogP contribution in [0.5, 0.6) is 0 Å². The van der Waals surface area contributed by atoms with E-state index in [1.54, 1.807) is 17.9 Å². The zero-order chi connectivity index (χ0) is 16.4. The molecular formula is C18H23N3O2. The molecule has 0 bridgehead atoms. The van der Waals surface area contributed by atoms with Gasteiger partial charge in [-0.2, -0.15) is 0 Å². The van der Waals surface area contributed by atoms with E-state index in [2.05, 4.69) is 11.4 Å². The molecule has 1 heterocycles. The lowest BCUT2D eigenvalue weighted by atomic mass is 10.1. The molecule has 2 amide bonds. The number of nitrogens with zero attached hydrogens (tertiary/aromatic N) is 1. The summed E-state index contributed by atoms with van der Waals surface area (Å²) < 4.78 is 0. The lowest BCUT2D eigenvalue weighted by Crippen LogP contribution is -2.44. The highest BCUT2D eigenvalue weighted by Crippen LogP contribution is 2.33. The third-order valence-corrected chi connectivity index (χ3v) is 4.45. The molecule has 2 aliphatic rings. The molecule has 1 aliphatic carbocycles. The van der Waals surface area contributed by atoms with E-state index in [-0.39, 0.29) is 17.9 Å². The van der Waals surface area contributed by atoms with E-state index in [0.29, 0.717) is 12.5 Å². The van der Waals surface area contributed by atoms with E-state index in [4.69, 9.17) is 5.73 Å². The lowest BCUT2D eigenvalue weighted by Gasteiger charge is -2.18. The van der Waals surface area contributed by atoms with Crippen molar-refractivity contribution in [2.45, 2.75) is 38.3 Å². The van der Waals surface area contributed by atoms with Crippen LogP contribution >= 0.6 is 0 Å². The van der Waals surface area contributed by atoms with Crippen molar-refractivity contribution in [1.82, 2.24) is 5.32 Å². The summed E-state index contributed by atoms with van der Waals surface area (Å²) in [5, 5.41) is 2.92. The largest absolute Gasteiger partial charge is 0.348 e. The van der Waals surface area contributed by atoms with Gasteiger partial charge in [0, 0.05) is 18.3 Å². The van der Waals surface area contributed by atoms with Gasteiger partial charge in [0.1, 0.15) is 0 Å². The van der Waals surface area contributed by atoms with E-state index in [1.165, 1.54) is 5.56 Å². The Morgan fingerprint density at radius 3 is 2.78 bits per heavy atom. The van der Waals surface area contributed by atoms with Gasteiger partial charge >= 0.3 is 0 Å². The Bertz CT molecular complexity index is 635. The van der Waals surface area contributed by atoms with E-state index in [1.807, 2.05) is 24.3 Å². The average molecular weight is 313 g/mol. The number of rotatable bonds is 5. The number of hydrogen-bond acceptors (Lipinski definition) is 3. The minimum atomic E-state index is -0.536. The van der Waals surface area contributed by atoms with Gasteiger partial charge in [-0.05, 0) is 43.7 Å². The number of amides is 2. The summed E-state index contributed by atoms with van der Waals surface area (Å²) in [6, 6.07) is 7.34. The van der Waals surface area contributed by atoms with Crippen molar-refractivity contribution in [1.29, 1.82) is 0 Å². The van der Waals surface area contributed by atoms with Crippen molar-refractivity contribution in [3.63, 3.8) is 0 Å². The predicted octanol–water partition coefficient (Wildman–Crippen LogP) is 1.37. The minimum absolute atomic E-state index is 0.0318. The van der Waals surface area contributed by atoms with Crippen LogP contribution in [-0.4, -0.2) is 30.4 Å². The first-order chi connectivity index (χ1) is 11.1. The number of benzene rings is 1. The van der Waals surface area contributed by atoms with E-state index in [0.717, 1.165) is 24.9 Å². The van der Waals surface area contributed by atoms with Gasteiger partial charge in [-0.15, -0.1) is 0 Å². The molecule has 1 aromatic rings. The number of carbonyl (C=O) groups is 2. The van der Waals surface area contributed by atoms with Crippen LogP contribution in [0.4, 0.5) is 5.69 Å². The number of hydrogen-bond donors (Lipinski definition) is 2. The Labute approximate surface area is 136 Å². The fraction of sp³-hybridized carbons (Fsp3) is 0.444. The summed E-state index contributed by atoms with van der Waals surface area (Å²) in [5.41, 5.74) is 7.80. The second kappa shape index (κ2) is 6.54. The number of carbonyl (C=O) groups excluding carboxylic acids is 2. The molecular weight excluding hydrogens is 290 g/mol. The number of fused-ring (bicyclic) bond motifs is 1. The van der Waals surface area contributed by atoms with Crippen LogP contribution in [0.1, 0.15) is 25.3 Å². The van der Waals surface area contributed by atoms with Crippen LogP contribution in [0.25, 0.3) is 0 Å². The summed E-state index contributed by atoms with van der Waals surface area (Å²) in [6.45, 7) is 2.37. The molecule has 2 atom stereocenters. The third kappa shape index (κ3) is 3.62. The SMILES string of the molecule is C[C@H](N)C(=O)N[C@H](C=CC(=O)N1CCc2ccccc21)C1CC1. The minimum Gasteiger partial charge on any atom is -0.348 e. The molecule has 1 aliphatic heterocycles. The summed E-state index contributed by atoms with van der Waals surface area (Å²) in [5.74, 6) is 0.216. The van der Waals surface area contributed by atoms with Gasteiger partial charge < -0.3 is 16.0 Å². The maximum atomic E-state index is 12.5. The molecule has 5 nitrogen and oxygen atoms in total. The van der Waals surface area contributed by atoms with Crippen molar-refractivity contribution in [2.75, 3.05) is 11.4 Å². The molecule has 5 heteroatoms. The molecule has 0 aromatic heterocycles. The Balaban J connectivity index is 1.66. The molecule has 0 saturated heterocycles. The first-order valence-electron chi connectivity index (χ1n) is 8.20. The first-order valence-corrected chi connectivity index (χ1v) is 8.20. The number of nitrogens with two attached hydrogens (primary N) is 1. The molecule has 0 spiro atoms. The Morgan fingerprint density at radius 2 is 2.09 bits per heavy atom. The Hall–Kier alpha value is -2.14. The second-order valence-electron chi connectivity index (χ2n) is 6.39. The lowest BCUT2D eigenvalue weighted by molar-refractivity contribution is -0.122. The summed E-state index contributed by atoms with van der Waals surface area (Å²) in [7, 11) is 0. The number of para-hydroxylation sites is 1. The quantitative estimate of drug-likeness (QED) is 0.806. The monoisotopic (exact) mass is 313 g/mol. The molecule has 23 heavy (non-hydrogen) atoms. The van der Waals surface area contributed by atoms with Crippen molar-refractivity contribution in [3.05, 3.63) is 42.0 Å². The highest BCUT2D eigenvalue weighted by Gasteiger charge is 2.31. The Kier molecular flexibility index (Phi) is 4.48. The standard InChI is InChI=1S/C18H23N3O2/c1-12(19)18(23)20-15(13-6-7-13)8-9-17(22)21-11-10-14-4-2-3-5-16(14)21/h2-5,8-9,12-13,15H,6-7,10-11,19H2,1H3,(H,20,23)/t12-,15+/m0/s1. The van der Waals surface area contributed by atoms with Crippen LogP contribution in [0.2, 0.25) is 0 Å². The molecule has 3 rings (SSSR count). The van der Waals surface area contributed by atoms with E-state index >= 15 is 0 Å². The normalized spacial score (nSPS) is 19.5. The smallest absolute Gasteiger partial charge is 0.250 e. The van der Waals surface area contributed by atoms with Crippen molar-refractivity contribution < 1.29 is 9.59 Å². The molecule has 0 unspecified atom stereocenters. The predicted molar refractivity (Wildman–Crippen MR) is 89.9 cm³/mol.